The molecule has 2 aromatic rings. The summed E-state index contributed by atoms with van der Waals surface area (Å²) in [7, 11) is 0. The Morgan fingerprint density at radius 3 is 2.41 bits per heavy atom. The zero-order valence-corrected chi connectivity index (χ0v) is 17.6. The number of cyclic esters (lactones) is 1. The number of ether oxygens (including phenoxy) is 2. The quantitative estimate of drug-likeness (QED) is 0.597. The van der Waals surface area contributed by atoms with Crippen molar-refractivity contribution in [2.24, 2.45) is 0 Å². The highest BCUT2D eigenvalue weighted by atomic mass is 16.6. The molecule has 2 fully saturated rings. The number of nitrogens with zero attached hydrogens (tertiary/aromatic N) is 2. The van der Waals surface area contributed by atoms with Gasteiger partial charge in [0.15, 0.2) is 6.10 Å². The number of amides is 2. The number of phenolic OH excluding ortho intramolecular Hbond substituents is 1. The molecule has 4 rings (SSSR count). The lowest BCUT2D eigenvalue weighted by atomic mass is 10.00. The van der Waals surface area contributed by atoms with E-state index in [0.29, 0.717) is 17.8 Å². The average Bonchev–Trinajstić information content (AvgIpc) is 3.16. The highest BCUT2D eigenvalue weighted by molar-refractivity contribution is 5.96. The van der Waals surface area contributed by atoms with Crippen LogP contribution in [0.1, 0.15) is 22.0 Å². The van der Waals surface area contributed by atoms with Crippen molar-refractivity contribution in [1.82, 2.24) is 10.2 Å². The number of aliphatic hydroxyl groups is 1. The van der Waals surface area contributed by atoms with Gasteiger partial charge in [0.05, 0.1) is 19.8 Å². The third kappa shape index (κ3) is 4.85. The largest absolute Gasteiger partial charge is 0.508 e. The lowest BCUT2D eigenvalue weighted by Crippen LogP contribution is -2.41. The number of hydrogen-bond donors (Lipinski definition) is 3. The van der Waals surface area contributed by atoms with Gasteiger partial charge in [-0.25, -0.2) is 4.79 Å². The van der Waals surface area contributed by atoms with Gasteiger partial charge >= 0.3 is 6.09 Å². The van der Waals surface area contributed by atoms with Crippen molar-refractivity contribution in [3.05, 3.63) is 59.7 Å². The fourth-order valence-electron chi connectivity index (χ4n) is 4.00. The van der Waals surface area contributed by atoms with Crippen molar-refractivity contribution in [3.63, 3.8) is 0 Å². The van der Waals surface area contributed by atoms with E-state index < -0.39 is 18.2 Å². The molecule has 2 atom stereocenters. The maximum absolute atomic E-state index is 12.6. The number of nitrogens with one attached hydrogen (secondary N) is 1. The van der Waals surface area contributed by atoms with Crippen LogP contribution in [0.5, 0.6) is 5.75 Å². The number of morpholine rings is 1. The molecule has 0 spiro atoms. The number of aromatic hydroxyl groups is 1. The van der Waals surface area contributed by atoms with Gasteiger partial charge in [0.1, 0.15) is 11.8 Å². The van der Waals surface area contributed by atoms with E-state index in [1.54, 1.807) is 36.4 Å². The summed E-state index contributed by atoms with van der Waals surface area (Å²) in [5.41, 5.74) is 1.76. The lowest BCUT2D eigenvalue weighted by Gasteiger charge is -2.26. The zero-order chi connectivity index (χ0) is 22.5. The Morgan fingerprint density at radius 1 is 1.06 bits per heavy atom. The molecule has 0 aromatic heterocycles. The molecule has 3 N–H and O–H groups in total. The van der Waals surface area contributed by atoms with Gasteiger partial charge < -0.3 is 25.0 Å². The molecule has 2 aliphatic heterocycles. The number of phenols is 1. The first-order valence-electron chi connectivity index (χ1n) is 10.6. The standard InChI is InChI=1S/C23H27N3O6/c27-15-20-21(16-3-7-19(28)8-4-16)26(23(30)32-20)18-5-1-17(2-6-18)22(29)24-9-10-25-11-13-31-14-12-25/h1-8,20-21,27-28H,9-15H2,(H,24,29)/t20-,21-/m1/s1. The Balaban J connectivity index is 1.43. The van der Waals surface area contributed by atoms with Crippen LogP contribution in [0, 0.1) is 0 Å². The number of anilines is 1. The molecule has 170 valence electrons. The Bertz CT molecular complexity index is 928. The number of carbonyl (C=O) groups is 2. The van der Waals surface area contributed by atoms with Crippen LogP contribution in [0.2, 0.25) is 0 Å². The SMILES string of the molecule is O=C(NCCN1CCOCC1)c1ccc(N2C(=O)O[C@H](CO)[C@H]2c2ccc(O)cc2)cc1. The molecule has 9 nitrogen and oxygen atoms in total. The van der Waals surface area contributed by atoms with E-state index in [4.69, 9.17) is 9.47 Å². The average molecular weight is 441 g/mol. The summed E-state index contributed by atoms with van der Waals surface area (Å²) in [6.07, 6.45) is -1.32. The Morgan fingerprint density at radius 2 is 1.75 bits per heavy atom. The summed E-state index contributed by atoms with van der Waals surface area (Å²) in [6, 6.07) is 12.6. The fourth-order valence-corrected chi connectivity index (χ4v) is 4.00. The Hall–Kier alpha value is -3.14. The first-order valence-corrected chi connectivity index (χ1v) is 10.6. The second-order valence-electron chi connectivity index (χ2n) is 7.77. The Labute approximate surface area is 186 Å². The van der Waals surface area contributed by atoms with E-state index in [0.717, 1.165) is 38.4 Å². The van der Waals surface area contributed by atoms with Gasteiger partial charge in [-0.1, -0.05) is 12.1 Å². The van der Waals surface area contributed by atoms with E-state index in [1.165, 1.54) is 17.0 Å². The molecule has 9 heteroatoms. The first-order chi connectivity index (χ1) is 15.6. The summed E-state index contributed by atoms with van der Waals surface area (Å²) in [5.74, 6) is -0.0767. The maximum atomic E-state index is 12.6. The summed E-state index contributed by atoms with van der Waals surface area (Å²) in [6.45, 7) is 4.15. The molecule has 0 saturated carbocycles. The predicted octanol–water partition coefficient (Wildman–Crippen LogP) is 1.51. The number of rotatable bonds is 7. The van der Waals surface area contributed by atoms with Gasteiger partial charge in [-0.05, 0) is 42.0 Å². The monoisotopic (exact) mass is 441 g/mol. The number of carbonyl (C=O) groups excluding carboxylic acids is 2. The summed E-state index contributed by atoms with van der Waals surface area (Å²) >= 11 is 0. The number of aliphatic hydroxyl groups excluding tert-OH is 1. The van der Waals surface area contributed by atoms with E-state index in [2.05, 4.69) is 10.2 Å². The Kier molecular flexibility index (Phi) is 6.89. The van der Waals surface area contributed by atoms with E-state index in [-0.39, 0.29) is 18.3 Å². The van der Waals surface area contributed by atoms with Crippen LogP contribution in [-0.4, -0.2) is 79.2 Å². The molecular weight excluding hydrogens is 414 g/mol. The second-order valence-corrected chi connectivity index (χ2v) is 7.77. The van der Waals surface area contributed by atoms with Gasteiger partial charge in [0.2, 0.25) is 0 Å². The first kappa shape index (κ1) is 22.1. The van der Waals surface area contributed by atoms with Crippen molar-refractivity contribution in [2.75, 3.05) is 50.9 Å². The molecule has 32 heavy (non-hydrogen) atoms. The lowest BCUT2D eigenvalue weighted by molar-refractivity contribution is 0.0383. The minimum Gasteiger partial charge on any atom is -0.508 e. The molecular formula is C23H27N3O6. The van der Waals surface area contributed by atoms with Crippen molar-refractivity contribution >= 4 is 17.7 Å². The fraction of sp³-hybridized carbons (Fsp3) is 0.391. The number of benzene rings is 2. The van der Waals surface area contributed by atoms with E-state index in [9.17, 15) is 19.8 Å². The molecule has 2 saturated heterocycles. The van der Waals surface area contributed by atoms with Crippen molar-refractivity contribution < 1.29 is 29.3 Å². The van der Waals surface area contributed by atoms with Crippen molar-refractivity contribution in [2.45, 2.75) is 12.1 Å². The van der Waals surface area contributed by atoms with E-state index >= 15 is 0 Å². The normalized spacial score (nSPS) is 21.4. The van der Waals surface area contributed by atoms with Crippen LogP contribution >= 0.6 is 0 Å². The van der Waals surface area contributed by atoms with E-state index in [1.807, 2.05) is 0 Å². The van der Waals surface area contributed by atoms with Gasteiger partial charge in [-0.15, -0.1) is 0 Å². The van der Waals surface area contributed by atoms with Crippen LogP contribution in [0.4, 0.5) is 10.5 Å². The molecule has 2 amide bonds. The minimum absolute atomic E-state index is 0.107. The summed E-state index contributed by atoms with van der Waals surface area (Å²) < 4.78 is 10.7. The molecule has 0 bridgehead atoms. The minimum atomic E-state index is -0.741. The van der Waals surface area contributed by atoms with Crippen LogP contribution in [0.25, 0.3) is 0 Å². The maximum Gasteiger partial charge on any atom is 0.415 e. The topological polar surface area (TPSA) is 112 Å². The molecule has 2 heterocycles. The highest BCUT2D eigenvalue weighted by Gasteiger charge is 2.43. The van der Waals surface area contributed by atoms with Gasteiger partial charge in [0, 0.05) is 37.4 Å². The predicted molar refractivity (Wildman–Crippen MR) is 117 cm³/mol. The van der Waals surface area contributed by atoms with Crippen molar-refractivity contribution in [3.8, 4) is 5.75 Å². The summed E-state index contributed by atoms with van der Waals surface area (Å²) in [5, 5.41) is 22.2. The third-order valence-corrected chi connectivity index (χ3v) is 5.72. The van der Waals surface area contributed by atoms with Gasteiger partial charge in [-0.3, -0.25) is 14.6 Å². The van der Waals surface area contributed by atoms with Crippen LogP contribution in [-0.2, 0) is 9.47 Å². The molecule has 2 aromatic carbocycles. The van der Waals surface area contributed by atoms with Gasteiger partial charge in [-0.2, -0.15) is 0 Å². The molecule has 0 unspecified atom stereocenters. The van der Waals surface area contributed by atoms with Crippen LogP contribution in [0.3, 0.4) is 0 Å². The van der Waals surface area contributed by atoms with Crippen molar-refractivity contribution in [1.29, 1.82) is 0 Å². The summed E-state index contributed by atoms with van der Waals surface area (Å²) in [4.78, 5) is 28.7. The molecule has 0 aliphatic carbocycles. The third-order valence-electron chi connectivity index (χ3n) is 5.72. The molecule has 2 aliphatic rings. The zero-order valence-electron chi connectivity index (χ0n) is 17.6. The van der Waals surface area contributed by atoms with Crippen LogP contribution in [0.15, 0.2) is 48.5 Å². The van der Waals surface area contributed by atoms with Gasteiger partial charge in [0.25, 0.3) is 5.91 Å². The van der Waals surface area contributed by atoms with Crippen LogP contribution < -0.4 is 10.2 Å². The number of hydrogen-bond acceptors (Lipinski definition) is 7. The second kappa shape index (κ2) is 9.99. The molecule has 0 radical (unpaired) electrons. The highest BCUT2D eigenvalue weighted by Crippen LogP contribution is 2.37. The smallest absolute Gasteiger partial charge is 0.415 e.